The number of carbonyl (C=O) groups excluding carboxylic acids is 1. The zero-order valence-electron chi connectivity index (χ0n) is 20.8. The SMILES string of the molecule is Cc1nc(-c2c(I)c(C(=O)NCc3ccc(S(C)(=O)=O)cc3)c(=O)n(-c3cccc(C(F)(F)F)c3)c2C)co1. The lowest BCUT2D eigenvalue weighted by Crippen LogP contribution is -2.35. The van der Waals surface area contributed by atoms with Crippen LogP contribution in [-0.2, 0) is 22.6 Å². The summed E-state index contributed by atoms with van der Waals surface area (Å²) < 4.78 is 70.3. The van der Waals surface area contributed by atoms with E-state index < -0.39 is 33.0 Å². The molecule has 4 aromatic rings. The van der Waals surface area contributed by atoms with E-state index in [9.17, 15) is 31.2 Å². The first kappa shape index (κ1) is 28.5. The number of aromatic nitrogens is 2. The molecule has 0 atom stereocenters. The number of rotatable bonds is 6. The molecule has 0 radical (unpaired) electrons. The molecule has 0 unspecified atom stereocenters. The van der Waals surface area contributed by atoms with Gasteiger partial charge in [0.2, 0.25) is 0 Å². The Kier molecular flexibility index (Phi) is 7.76. The standard InChI is InChI=1S/C26H21F3IN3O5S/c1-14-21(20-13-38-15(2)32-20)23(30)22(24(34)31-12-16-7-9-19(10-8-16)39(3,36)37)25(35)33(14)18-6-4-5-17(11-18)26(27,28)29/h4-11,13H,12H2,1-3H3,(H,31,34). The molecule has 39 heavy (non-hydrogen) atoms. The maximum absolute atomic E-state index is 13.7. The fourth-order valence-electron chi connectivity index (χ4n) is 3.98. The van der Waals surface area contributed by atoms with Crippen LogP contribution in [0.15, 0.2) is 68.9 Å². The average molecular weight is 671 g/mol. The summed E-state index contributed by atoms with van der Waals surface area (Å²) in [5.74, 6) is -0.445. The number of nitrogens with zero attached hydrogens (tertiary/aromatic N) is 2. The fraction of sp³-hybridized carbons (Fsp3) is 0.192. The van der Waals surface area contributed by atoms with E-state index >= 15 is 0 Å². The number of benzene rings is 2. The number of oxazole rings is 1. The van der Waals surface area contributed by atoms with Crippen LogP contribution in [0, 0.1) is 17.4 Å². The van der Waals surface area contributed by atoms with Gasteiger partial charge < -0.3 is 9.73 Å². The van der Waals surface area contributed by atoms with Crippen molar-refractivity contribution >= 4 is 38.3 Å². The Morgan fingerprint density at radius 3 is 2.36 bits per heavy atom. The number of sulfone groups is 1. The second-order valence-corrected chi connectivity index (χ2v) is 11.8. The van der Waals surface area contributed by atoms with Crippen molar-refractivity contribution in [2.45, 2.75) is 31.5 Å². The third kappa shape index (κ3) is 5.93. The highest BCUT2D eigenvalue weighted by atomic mass is 127. The fourth-order valence-corrected chi connectivity index (χ4v) is 5.76. The van der Waals surface area contributed by atoms with Gasteiger partial charge in [-0.1, -0.05) is 18.2 Å². The monoisotopic (exact) mass is 671 g/mol. The summed E-state index contributed by atoms with van der Waals surface area (Å²) >= 11 is 1.84. The highest BCUT2D eigenvalue weighted by Crippen LogP contribution is 2.33. The van der Waals surface area contributed by atoms with Crippen molar-refractivity contribution in [3.63, 3.8) is 0 Å². The summed E-state index contributed by atoms with van der Waals surface area (Å²) in [5, 5.41) is 2.64. The molecule has 0 saturated heterocycles. The minimum absolute atomic E-state index is 0.0335. The lowest BCUT2D eigenvalue weighted by Gasteiger charge is -2.19. The van der Waals surface area contributed by atoms with Crippen LogP contribution in [0.5, 0.6) is 0 Å². The molecule has 0 aliphatic heterocycles. The quantitative estimate of drug-likeness (QED) is 0.287. The Morgan fingerprint density at radius 2 is 1.79 bits per heavy atom. The van der Waals surface area contributed by atoms with Crippen LogP contribution in [0.1, 0.15) is 33.1 Å². The van der Waals surface area contributed by atoms with E-state index in [1.807, 2.05) is 22.6 Å². The van der Waals surface area contributed by atoms with Gasteiger partial charge in [-0.15, -0.1) is 0 Å². The number of amides is 1. The summed E-state index contributed by atoms with van der Waals surface area (Å²) in [5.41, 5.74) is -0.629. The summed E-state index contributed by atoms with van der Waals surface area (Å²) in [4.78, 5) is 31.4. The van der Waals surface area contributed by atoms with Crippen LogP contribution in [-0.4, -0.2) is 30.1 Å². The Balaban J connectivity index is 1.83. The Morgan fingerprint density at radius 1 is 1.13 bits per heavy atom. The van der Waals surface area contributed by atoms with Gasteiger partial charge in [0.05, 0.1) is 10.5 Å². The molecule has 2 heterocycles. The van der Waals surface area contributed by atoms with E-state index in [1.54, 1.807) is 13.8 Å². The molecule has 2 aromatic heterocycles. The van der Waals surface area contributed by atoms with E-state index in [-0.39, 0.29) is 32.0 Å². The van der Waals surface area contributed by atoms with E-state index in [2.05, 4.69) is 10.3 Å². The molecule has 0 saturated carbocycles. The molecule has 0 spiro atoms. The number of carbonyl (C=O) groups is 1. The van der Waals surface area contributed by atoms with E-state index in [0.29, 0.717) is 22.7 Å². The molecular weight excluding hydrogens is 650 g/mol. The Hall–Kier alpha value is -3.46. The number of alkyl halides is 3. The second-order valence-electron chi connectivity index (χ2n) is 8.69. The molecule has 0 fully saturated rings. The molecule has 1 N–H and O–H groups in total. The number of pyridine rings is 1. The number of halogens is 4. The minimum atomic E-state index is -4.64. The van der Waals surface area contributed by atoms with Crippen molar-refractivity contribution in [2.75, 3.05) is 6.26 Å². The van der Waals surface area contributed by atoms with Crippen LogP contribution in [0.2, 0.25) is 0 Å². The van der Waals surface area contributed by atoms with Crippen molar-refractivity contribution < 1.29 is 30.8 Å². The Labute approximate surface area is 234 Å². The first-order chi connectivity index (χ1) is 18.2. The van der Waals surface area contributed by atoms with Gasteiger partial charge in [-0.2, -0.15) is 13.2 Å². The lowest BCUT2D eigenvalue weighted by molar-refractivity contribution is -0.137. The Bertz CT molecular complexity index is 1740. The van der Waals surface area contributed by atoms with E-state index in [1.165, 1.54) is 42.7 Å². The van der Waals surface area contributed by atoms with Crippen LogP contribution >= 0.6 is 22.6 Å². The van der Waals surface area contributed by atoms with Gasteiger partial charge in [0.25, 0.3) is 11.5 Å². The third-order valence-corrected chi connectivity index (χ3v) is 8.10. The smallest absolute Gasteiger partial charge is 0.416 e. The van der Waals surface area contributed by atoms with Crippen LogP contribution in [0.25, 0.3) is 16.9 Å². The van der Waals surface area contributed by atoms with Crippen molar-refractivity contribution in [3.05, 3.63) is 97.0 Å². The number of hydrogen-bond acceptors (Lipinski definition) is 6. The molecule has 8 nitrogen and oxygen atoms in total. The highest BCUT2D eigenvalue weighted by molar-refractivity contribution is 14.1. The predicted octanol–water partition coefficient (Wildman–Crippen LogP) is 5.07. The number of hydrogen-bond donors (Lipinski definition) is 1. The summed E-state index contributed by atoms with van der Waals surface area (Å²) in [7, 11) is -3.40. The molecule has 1 amide bonds. The van der Waals surface area contributed by atoms with Gasteiger partial charge in [-0.3, -0.25) is 14.2 Å². The van der Waals surface area contributed by atoms with Gasteiger partial charge in [0, 0.05) is 40.2 Å². The topological polar surface area (TPSA) is 111 Å². The molecular formula is C26H21F3IN3O5S. The van der Waals surface area contributed by atoms with Crippen molar-refractivity contribution in [3.8, 4) is 16.9 Å². The summed E-state index contributed by atoms with van der Waals surface area (Å²) in [6, 6.07) is 10.1. The summed E-state index contributed by atoms with van der Waals surface area (Å²) in [6.45, 7) is 3.12. The van der Waals surface area contributed by atoms with Gasteiger partial charge in [-0.25, -0.2) is 13.4 Å². The van der Waals surface area contributed by atoms with Crippen LogP contribution in [0.4, 0.5) is 13.2 Å². The zero-order chi connectivity index (χ0) is 28.7. The molecule has 2 aromatic carbocycles. The average Bonchev–Trinajstić information content (AvgIpc) is 3.27. The predicted molar refractivity (Wildman–Crippen MR) is 145 cm³/mol. The molecule has 0 bridgehead atoms. The normalized spacial score (nSPS) is 12.0. The van der Waals surface area contributed by atoms with E-state index in [0.717, 1.165) is 23.0 Å². The van der Waals surface area contributed by atoms with Crippen molar-refractivity contribution in [1.82, 2.24) is 14.9 Å². The first-order valence-electron chi connectivity index (χ1n) is 11.3. The largest absolute Gasteiger partial charge is 0.449 e. The van der Waals surface area contributed by atoms with Gasteiger partial charge in [-0.05, 0) is 65.4 Å². The number of aryl methyl sites for hydroxylation is 1. The zero-order valence-corrected chi connectivity index (χ0v) is 23.7. The molecule has 4 rings (SSSR count). The van der Waals surface area contributed by atoms with Crippen molar-refractivity contribution in [1.29, 1.82) is 0 Å². The maximum atomic E-state index is 13.7. The number of nitrogens with one attached hydrogen (secondary N) is 1. The maximum Gasteiger partial charge on any atom is 0.416 e. The first-order valence-corrected chi connectivity index (χ1v) is 14.3. The molecule has 204 valence electrons. The summed E-state index contributed by atoms with van der Waals surface area (Å²) in [6.07, 6.45) is -2.23. The lowest BCUT2D eigenvalue weighted by atomic mass is 10.1. The third-order valence-electron chi connectivity index (χ3n) is 5.89. The van der Waals surface area contributed by atoms with Crippen LogP contribution in [0.3, 0.4) is 0 Å². The molecule has 0 aliphatic rings. The van der Waals surface area contributed by atoms with Gasteiger partial charge >= 0.3 is 6.18 Å². The highest BCUT2D eigenvalue weighted by Gasteiger charge is 2.31. The minimum Gasteiger partial charge on any atom is -0.449 e. The van der Waals surface area contributed by atoms with Crippen molar-refractivity contribution in [2.24, 2.45) is 0 Å². The molecule has 0 aliphatic carbocycles. The molecule has 13 heteroatoms. The van der Waals surface area contributed by atoms with Gasteiger partial charge in [0.1, 0.15) is 17.5 Å². The second kappa shape index (κ2) is 10.6. The van der Waals surface area contributed by atoms with Crippen LogP contribution < -0.4 is 10.9 Å². The van der Waals surface area contributed by atoms with Gasteiger partial charge in [0.15, 0.2) is 15.7 Å². The van der Waals surface area contributed by atoms with E-state index in [4.69, 9.17) is 4.42 Å².